The summed E-state index contributed by atoms with van der Waals surface area (Å²) in [6, 6.07) is 13.6. The van der Waals surface area contributed by atoms with Crippen molar-refractivity contribution in [2.24, 2.45) is 0 Å². The molecular weight excluding hydrogens is 292 g/mol. The zero-order valence-corrected chi connectivity index (χ0v) is 12.5. The number of hydrogen-bond donors (Lipinski definition) is 0. The molecular formula is C17H14N4O2. The molecule has 0 saturated carbocycles. The van der Waals surface area contributed by atoms with E-state index in [-0.39, 0.29) is 0 Å². The summed E-state index contributed by atoms with van der Waals surface area (Å²) in [5.41, 5.74) is 3.50. The summed E-state index contributed by atoms with van der Waals surface area (Å²) in [5.74, 6) is 1.34. The lowest BCUT2D eigenvalue weighted by molar-refractivity contribution is 0.407. The number of methoxy groups -OCH3 is 1. The van der Waals surface area contributed by atoms with Crippen LogP contribution in [0.5, 0.6) is 5.75 Å². The van der Waals surface area contributed by atoms with Gasteiger partial charge in [-0.15, -0.1) is 0 Å². The van der Waals surface area contributed by atoms with Crippen LogP contribution >= 0.6 is 0 Å². The molecule has 0 atom stereocenters. The maximum Gasteiger partial charge on any atom is 0.227 e. The average molecular weight is 306 g/mol. The summed E-state index contributed by atoms with van der Waals surface area (Å²) in [6.45, 7) is 0.594. The Morgan fingerprint density at radius 2 is 2.09 bits per heavy atom. The van der Waals surface area contributed by atoms with Crippen LogP contribution in [0.2, 0.25) is 0 Å². The van der Waals surface area contributed by atoms with E-state index >= 15 is 0 Å². The maximum absolute atomic E-state index is 5.81. The number of oxazole rings is 1. The lowest BCUT2D eigenvalue weighted by Crippen LogP contribution is -2.02. The first-order chi connectivity index (χ1) is 11.3. The van der Waals surface area contributed by atoms with E-state index in [1.54, 1.807) is 18.1 Å². The first-order valence-corrected chi connectivity index (χ1v) is 7.19. The van der Waals surface area contributed by atoms with Crippen molar-refractivity contribution in [3.05, 3.63) is 60.7 Å². The van der Waals surface area contributed by atoms with Gasteiger partial charge < -0.3 is 9.15 Å². The van der Waals surface area contributed by atoms with E-state index < -0.39 is 0 Å². The molecule has 0 N–H and O–H groups in total. The summed E-state index contributed by atoms with van der Waals surface area (Å²) in [5, 5.41) is 4.12. The maximum atomic E-state index is 5.81. The number of benzene rings is 2. The predicted molar refractivity (Wildman–Crippen MR) is 85.1 cm³/mol. The molecule has 2 heterocycles. The molecule has 0 amide bonds. The lowest BCUT2D eigenvalue weighted by atomic mass is 10.1. The minimum absolute atomic E-state index is 0.580. The summed E-state index contributed by atoms with van der Waals surface area (Å²) in [6.07, 6.45) is 3.19. The van der Waals surface area contributed by atoms with Crippen LogP contribution in [0.1, 0.15) is 5.56 Å². The van der Waals surface area contributed by atoms with Crippen molar-refractivity contribution in [3.8, 4) is 17.2 Å². The third kappa shape index (κ3) is 2.55. The summed E-state index contributed by atoms with van der Waals surface area (Å²) >= 11 is 0. The van der Waals surface area contributed by atoms with Crippen LogP contribution in [0, 0.1) is 0 Å². The highest BCUT2D eigenvalue weighted by Gasteiger charge is 2.11. The second kappa shape index (κ2) is 5.57. The Labute approximate surface area is 132 Å². The fourth-order valence-corrected chi connectivity index (χ4v) is 2.49. The smallest absolute Gasteiger partial charge is 0.227 e. The van der Waals surface area contributed by atoms with Gasteiger partial charge in [0, 0.05) is 11.1 Å². The van der Waals surface area contributed by atoms with Crippen molar-refractivity contribution < 1.29 is 9.15 Å². The second-order valence-electron chi connectivity index (χ2n) is 5.11. The number of hydrogen-bond acceptors (Lipinski definition) is 5. The Bertz CT molecular complexity index is 911. The van der Waals surface area contributed by atoms with Gasteiger partial charge in [-0.2, -0.15) is 5.10 Å². The topological polar surface area (TPSA) is 66.0 Å². The van der Waals surface area contributed by atoms with Crippen LogP contribution in [0.25, 0.3) is 22.6 Å². The van der Waals surface area contributed by atoms with Gasteiger partial charge in [-0.3, -0.25) is 0 Å². The monoisotopic (exact) mass is 306 g/mol. The number of ether oxygens (including phenoxy) is 1. The van der Waals surface area contributed by atoms with Gasteiger partial charge in [0.2, 0.25) is 5.89 Å². The van der Waals surface area contributed by atoms with Crippen LogP contribution in [0.15, 0.2) is 59.5 Å². The van der Waals surface area contributed by atoms with Crippen molar-refractivity contribution in [2.45, 2.75) is 6.54 Å². The summed E-state index contributed by atoms with van der Waals surface area (Å²) < 4.78 is 13.1. The first kappa shape index (κ1) is 13.5. The van der Waals surface area contributed by atoms with Crippen molar-refractivity contribution in [3.63, 3.8) is 0 Å². The molecule has 0 aliphatic heterocycles. The van der Waals surface area contributed by atoms with Gasteiger partial charge >= 0.3 is 0 Å². The minimum atomic E-state index is 0.580. The van der Waals surface area contributed by atoms with E-state index in [4.69, 9.17) is 9.15 Å². The molecule has 0 saturated heterocycles. The Balaban J connectivity index is 1.72. The minimum Gasteiger partial charge on any atom is -0.496 e. The van der Waals surface area contributed by atoms with Gasteiger partial charge in [-0.25, -0.2) is 14.6 Å². The molecule has 0 aliphatic rings. The van der Waals surface area contributed by atoms with Crippen LogP contribution in [-0.2, 0) is 6.54 Å². The van der Waals surface area contributed by atoms with Crippen molar-refractivity contribution in [2.75, 3.05) is 7.11 Å². The molecule has 0 unspecified atom stereocenters. The van der Waals surface area contributed by atoms with Crippen LogP contribution in [0.4, 0.5) is 0 Å². The van der Waals surface area contributed by atoms with Crippen molar-refractivity contribution >= 4 is 11.1 Å². The molecule has 0 bridgehead atoms. The number of nitrogens with zero attached hydrogens (tertiary/aromatic N) is 4. The van der Waals surface area contributed by atoms with E-state index in [1.807, 2.05) is 42.5 Å². The predicted octanol–water partition coefficient (Wildman–Crippen LogP) is 3.14. The zero-order chi connectivity index (χ0) is 15.6. The second-order valence-corrected chi connectivity index (χ2v) is 5.11. The SMILES string of the molecule is COc1cc(-c2nc3ccccc3o2)ccc1Cn1cncn1. The van der Waals surface area contributed by atoms with Crippen LogP contribution in [-0.4, -0.2) is 26.9 Å². The standard InChI is InChI=1S/C17H14N4O2/c1-22-16-8-12(6-7-13(16)9-21-11-18-10-19-21)17-20-14-4-2-3-5-15(14)23-17/h2-8,10-11H,9H2,1H3. The number of rotatable bonds is 4. The molecule has 2 aromatic carbocycles. The molecule has 0 radical (unpaired) electrons. The fourth-order valence-electron chi connectivity index (χ4n) is 2.49. The molecule has 2 aromatic heterocycles. The van der Waals surface area contributed by atoms with Gasteiger partial charge in [0.05, 0.1) is 13.7 Å². The number of aromatic nitrogens is 4. The molecule has 4 aromatic rings. The van der Waals surface area contributed by atoms with Crippen LogP contribution < -0.4 is 4.74 Å². The normalized spacial score (nSPS) is 11.0. The highest BCUT2D eigenvalue weighted by Crippen LogP contribution is 2.29. The van der Waals surface area contributed by atoms with Gasteiger partial charge in [0.15, 0.2) is 5.58 Å². The van der Waals surface area contributed by atoms with E-state index in [1.165, 1.54) is 6.33 Å². The third-order valence-corrected chi connectivity index (χ3v) is 3.63. The number of fused-ring (bicyclic) bond motifs is 1. The molecule has 6 nitrogen and oxygen atoms in total. The lowest BCUT2D eigenvalue weighted by Gasteiger charge is -2.09. The molecule has 6 heteroatoms. The Kier molecular flexibility index (Phi) is 3.27. The van der Waals surface area contributed by atoms with Gasteiger partial charge in [-0.05, 0) is 24.3 Å². The number of para-hydroxylation sites is 2. The van der Waals surface area contributed by atoms with Crippen molar-refractivity contribution in [1.82, 2.24) is 19.7 Å². The van der Waals surface area contributed by atoms with Crippen LogP contribution in [0.3, 0.4) is 0 Å². The van der Waals surface area contributed by atoms with E-state index in [9.17, 15) is 0 Å². The zero-order valence-electron chi connectivity index (χ0n) is 12.5. The molecule has 0 spiro atoms. The first-order valence-electron chi connectivity index (χ1n) is 7.19. The highest BCUT2D eigenvalue weighted by molar-refractivity contribution is 5.76. The Morgan fingerprint density at radius 3 is 2.87 bits per heavy atom. The Morgan fingerprint density at radius 1 is 1.17 bits per heavy atom. The molecule has 4 rings (SSSR count). The van der Waals surface area contributed by atoms with E-state index in [0.29, 0.717) is 12.4 Å². The quantitative estimate of drug-likeness (QED) is 0.579. The largest absolute Gasteiger partial charge is 0.496 e. The fraction of sp³-hybridized carbons (Fsp3) is 0.118. The van der Waals surface area contributed by atoms with E-state index in [0.717, 1.165) is 28.0 Å². The molecule has 23 heavy (non-hydrogen) atoms. The van der Waals surface area contributed by atoms with Gasteiger partial charge in [-0.1, -0.05) is 18.2 Å². The average Bonchev–Trinajstić information content (AvgIpc) is 3.24. The molecule has 0 fully saturated rings. The highest BCUT2D eigenvalue weighted by atomic mass is 16.5. The third-order valence-electron chi connectivity index (χ3n) is 3.63. The molecule has 0 aliphatic carbocycles. The van der Waals surface area contributed by atoms with E-state index in [2.05, 4.69) is 15.1 Å². The van der Waals surface area contributed by atoms with Gasteiger partial charge in [0.25, 0.3) is 0 Å². The molecule has 114 valence electrons. The van der Waals surface area contributed by atoms with Gasteiger partial charge in [0.1, 0.15) is 23.9 Å². The summed E-state index contributed by atoms with van der Waals surface area (Å²) in [4.78, 5) is 8.46. The summed E-state index contributed by atoms with van der Waals surface area (Å²) in [7, 11) is 1.65. The Hall–Kier alpha value is -3.15. The van der Waals surface area contributed by atoms with Crippen molar-refractivity contribution in [1.29, 1.82) is 0 Å².